The van der Waals surface area contributed by atoms with Crippen molar-refractivity contribution in [1.82, 2.24) is 14.8 Å². The molecule has 0 radical (unpaired) electrons. The maximum Gasteiger partial charge on any atom is 0.269 e. The van der Waals surface area contributed by atoms with Crippen molar-refractivity contribution in [2.24, 2.45) is 0 Å². The third-order valence-corrected chi connectivity index (χ3v) is 5.11. The Hall–Kier alpha value is -2.62. The van der Waals surface area contributed by atoms with Gasteiger partial charge in [-0.05, 0) is 48.5 Å². The molecule has 1 saturated heterocycles. The van der Waals surface area contributed by atoms with Crippen molar-refractivity contribution in [1.29, 1.82) is 0 Å². The topological polar surface area (TPSA) is 83.8 Å². The van der Waals surface area contributed by atoms with Gasteiger partial charge in [0.15, 0.2) is 5.11 Å². The van der Waals surface area contributed by atoms with Gasteiger partial charge in [-0.2, -0.15) is 0 Å². The minimum Gasteiger partial charge on any atom is -0.379 e. The Morgan fingerprint density at radius 2 is 1.90 bits per heavy atom. The number of aromatic nitrogens is 1. The average Bonchev–Trinajstić information content (AvgIpc) is 2.75. The van der Waals surface area contributed by atoms with Gasteiger partial charge in [-0.15, -0.1) is 0 Å². The molecular weight excluding hydrogens is 390 g/mol. The summed E-state index contributed by atoms with van der Waals surface area (Å²) in [5, 5.41) is 14.6. The van der Waals surface area contributed by atoms with Gasteiger partial charge in [0.1, 0.15) is 0 Å². The van der Waals surface area contributed by atoms with Gasteiger partial charge in [0.2, 0.25) is 0 Å². The van der Waals surface area contributed by atoms with E-state index in [0.717, 1.165) is 57.1 Å². The van der Waals surface area contributed by atoms with E-state index in [1.165, 1.54) is 12.1 Å². The van der Waals surface area contributed by atoms with Crippen LogP contribution in [0.1, 0.15) is 12.0 Å². The van der Waals surface area contributed by atoms with Gasteiger partial charge in [0.25, 0.3) is 5.69 Å². The Morgan fingerprint density at radius 1 is 1.21 bits per heavy atom. The number of nitro benzene ring substituents is 1. The summed E-state index contributed by atoms with van der Waals surface area (Å²) in [5.74, 6) is 0. The second-order valence-corrected chi connectivity index (χ2v) is 7.21. The van der Waals surface area contributed by atoms with E-state index in [0.29, 0.717) is 11.7 Å². The van der Waals surface area contributed by atoms with Gasteiger partial charge in [-0.1, -0.05) is 0 Å². The smallest absolute Gasteiger partial charge is 0.269 e. The Balaban J connectivity index is 1.60. The lowest BCUT2D eigenvalue weighted by Crippen LogP contribution is -2.40. The Labute approximate surface area is 175 Å². The van der Waals surface area contributed by atoms with Crippen LogP contribution in [-0.2, 0) is 11.3 Å². The number of non-ortho nitro benzene ring substituents is 1. The molecule has 0 amide bonds. The van der Waals surface area contributed by atoms with E-state index in [1.807, 2.05) is 12.1 Å². The number of nitrogens with one attached hydrogen (secondary N) is 1. The quantitative estimate of drug-likeness (QED) is 0.400. The van der Waals surface area contributed by atoms with Crippen molar-refractivity contribution in [2.45, 2.75) is 13.0 Å². The molecule has 0 aliphatic carbocycles. The highest BCUT2D eigenvalue weighted by molar-refractivity contribution is 7.80. The fraction of sp³-hybridized carbons (Fsp3) is 0.400. The van der Waals surface area contributed by atoms with E-state index in [9.17, 15) is 10.1 Å². The molecule has 2 heterocycles. The second kappa shape index (κ2) is 10.8. The molecule has 3 rings (SSSR count). The molecule has 2 aromatic rings. The molecule has 1 aromatic heterocycles. The maximum atomic E-state index is 10.8. The Kier molecular flexibility index (Phi) is 7.85. The summed E-state index contributed by atoms with van der Waals surface area (Å²) in [7, 11) is 0. The van der Waals surface area contributed by atoms with Crippen LogP contribution < -0.4 is 5.32 Å². The number of ether oxygens (including phenoxy) is 1. The third-order valence-electron chi connectivity index (χ3n) is 4.75. The zero-order valence-corrected chi connectivity index (χ0v) is 17.0. The van der Waals surface area contributed by atoms with Crippen molar-refractivity contribution in [3.8, 4) is 0 Å². The van der Waals surface area contributed by atoms with Crippen molar-refractivity contribution in [3.63, 3.8) is 0 Å². The molecule has 1 N–H and O–H groups in total. The maximum absolute atomic E-state index is 10.8. The summed E-state index contributed by atoms with van der Waals surface area (Å²) in [4.78, 5) is 19.0. The zero-order chi connectivity index (χ0) is 20.5. The predicted octanol–water partition coefficient (Wildman–Crippen LogP) is 2.91. The van der Waals surface area contributed by atoms with Crippen molar-refractivity contribution >= 4 is 28.7 Å². The molecule has 0 atom stereocenters. The van der Waals surface area contributed by atoms with Crippen LogP contribution in [0.5, 0.6) is 0 Å². The zero-order valence-electron chi connectivity index (χ0n) is 16.2. The van der Waals surface area contributed by atoms with E-state index < -0.39 is 4.92 Å². The molecule has 0 saturated carbocycles. The molecule has 8 nitrogen and oxygen atoms in total. The highest BCUT2D eigenvalue weighted by atomic mass is 32.1. The van der Waals surface area contributed by atoms with Gasteiger partial charge < -0.3 is 15.0 Å². The van der Waals surface area contributed by atoms with Gasteiger partial charge in [0.05, 0.1) is 18.1 Å². The molecule has 9 heteroatoms. The molecule has 1 aliphatic heterocycles. The molecule has 0 unspecified atom stereocenters. The van der Waals surface area contributed by atoms with Crippen molar-refractivity contribution in [2.75, 3.05) is 44.7 Å². The number of pyridine rings is 1. The first-order valence-electron chi connectivity index (χ1n) is 9.61. The second-order valence-electron chi connectivity index (χ2n) is 6.82. The van der Waals surface area contributed by atoms with Gasteiger partial charge >= 0.3 is 0 Å². The summed E-state index contributed by atoms with van der Waals surface area (Å²) >= 11 is 5.64. The van der Waals surface area contributed by atoms with E-state index in [4.69, 9.17) is 17.0 Å². The summed E-state index contributed by atoms with van der Waals surface area (Å²) in [6.07, 6.45) is 4.52. The minimum atomic E-state index is -0.413. The van der Waals surface area contributed by atoms with Gasteiger partial charge in [0, 0.05) is 62.9 Å². The van der Waals surface area contributed by atoms with E-state index >= 15 is 0 Å². The molecule has 1 aromatic carbocycles. The first kappa shape index (κ1) is 21.1. The Morgan fingerprint density at radius 3 is 2.55 bits per heavy atom. The van der Waals surface area contributed by atoms with Crippen LogP contribution in [0.4, 0.5) is 11.4 Å². The normalized spacial score (nSPS) is 14.3. The fourth-order valence-electron chi connectivity index (χ4n) is 3.14. The van der Waals surface area contributed by atoms with Crippen LogP contribution >= 0.6 is 12.2 Å². The largest absolute Gasteiger partial charge is 0.379 e. The number of benzene rings is 1. The molecule has 0 bridgehead atoms. The monoisotopic (exact) mass is 415 g/mol. The lowest BCUT2D eigenvalue weighted by atomic mass is 10.2. The van der Waals surface area contributed by atoms with Crippen molar-refractivity contribution < 1.29 is 9.66 Å². The highest BCUT2D eigenvalue weighted by Gasteiger charge is 2.14. The van der Waals surface area contributed by atoms with Crippen LogP contribution in [-0.4, -0.2) is 64.2 Å². The molecule has 29 heavy (non-hydrogen) atoms. The molecule has 154 valence electrons. The average molecular weight is 416 g/mol. The first-order valence-corrected chi connectivity index (χ1v) is 10.0. The van der Waals surface area contributed by atoms with Crippen LogP contribution in [0, 0.1) is 10.1 Å². The Bertz CT molecular complexity index is 798. The number of hydrogen-bond acceptors (Lipinski definition) is 6. The highest BCUT2D eigenvalue weighted by Crippen LogP contribution is 2.16. The summed E-state index contributed by atoms with van der Waals surface area (Å²) in [5.41, 5.74) is 1.91. The summed E-state index contributed by atoms with van der Waals surface area (Å²) < 4.78 is 5.40. The van der Waals surface area contributed by atoms with Gasteiger partial charge in [-0.25, -0.2) is 0 Å². The standard InChI is InChI=1S/C20H25N5O3S/c26-25(27)19-4-2-18(3-5-19)22-20(29)24(16-17-6-8-21-9-7-17)11-1-10-23-12-14-28-15-13-23/h2-9H,1,10-16H2,(H,22,29). The number of thiocarbonyl (C=S) groups is 1. The SMILES string of the molecule is O=[N+]([O-])c1ccc(NC(=S)N(CCCN2CCOCC2)Cc2ccncc2)cc1. The summed E-state index contributed by atoms with van der Waals surface area (Å²) in [6.45, 7) is 5.99. The number of morpholine rings is 1. The van der Waals surface area contributed by atoms with Crippen LogP contribution in [0.2, 0.25) is 0 Å². The van der Waals surface area contributed by atoms with Crippen LogP contribution in [0.25, 0.3) is 0 Å². The third kappa shape index (κ3) is 6.74. The number of anilines is 1. The number of nitro groups is 1. The molecule has 0 spiro atoms. The van der Waals surface area contributed by atoms with Crippen LogP contribution in [0.15, 0.2) is 48.8 Å². The number of rotatable bonds is 8. The fourth-order valence-corrected chi connectivity index (χ4v) is 3.41. The van der Waals surface area contributed by atoms with E-state index in [2.05, 4.69) is 20.1 Å². The van der Waals surface area contributed by atoms with Crippen LogP contribution in [0.3, 0.4) is 0 Å². The first-order chi connectivity index (χ1) is 14.1. The van der Waals surface area contributed by atoms with Crippen molar-refractivity contribution in [3.05, 3.63) is 64.5 Å². The molecule has 1 aliphatic rings. The van der Waals surface area contributed by atoms with Gasteiger partial charge in [-0.3, -0.25) is 20.0 Å². The number of hydrogen-bond donors (Lipinski definition) is 1. The molecule has 1 fully saturated rings. The predicted molar refractivity (Wildman–Crippen MR) is 116 cm³/mol. The van der Waals surface area contributed by atoms with E-state index in [-0.39, 0.29) is 5.69 Å². The lowest BCUT2D eigenvalue weighted by molar-refractivity contribution is -0.384. The number of nitrogens with zero attached hydrogens (tertiary/aromatic N) is 4. The summed E-state index contributed by atoms with van der Waals surface area (Å²) in [6, 6.07) is 10.2. The lowest BCUT2D eigenvalue weighted by Gasteiger charge is -2.29. The minimum absolute atomic E-state index is 0.0561. The van der Waals surface area contributed by atoms with E-state index in [1.54, 1.807) is 24.5 Å². The molecular formula is C20H25N5O3S.